The molecule has 106 valence electrons. The second kappa shape index (κ2) is 6.09. The number of aromatic nitrogens is 2. The zero-order valence-electron chi connectivity index (χ0n) is 11.9. The summed E-state index contributed by atoms with van der Waals surface area (Å²) < 4.78 is 1.99. The van der Waals surface area contributed by atoms with Crippen LogP contribution in [0.1, 0.15) is 18.9 Å². The van der Waals surface area contributed by atoms with Crippen LogP contribution in [-0.2, 0) is 6.54 Å². The molecule has 3 rings (SSSR count). The van der Waals surface area contributed by atoms with Gasteiger partial charge in [-0.3, -0.25) is 4.68 Å². The van der Waals surface area contributed by atoms with Crippen LogP contribution >= 0.6 is 0 Å². The molecule has 0 bridgehead atoms. The summed E-state index contributed by atoms with van der Waals surface area (Å²) in [5.74, 6) is 0.654. The summed E-state index contributed by atoms with van der Waals surface area (Å²) in [5, 5.41) is 11.5. The fourth-order valence-electron chi connectivity index (χ4n) is 2.74. The maximum absolute atomic E-state index is 4.44. The summed E-state index contributed by atoms with van der Waals surface area (Å²) in [6.07, 6.45) is 5.20. The molecule has 1 fully saturated rings. The molecular weight excluding hydrogens is 248 g/mol. The Kier molecular flexibility index (Phi) is 4.02. The first-order chi connectivity index (χ1) is 9.81. The molecule has 2 atom stereocenters. The molecule has 2 heterocycles. The van der Waals surface area contributed by atoms with Crippen LogP contribution in [-0.4, -0.2) is 28.9 Å². The van der Waals surface area contributed by atoms with Crippen molar-refractivity contribution in [1.82, 2.24) is 15.1 Å². The Morgan fingerprint density at radius 2 is 2.20 bits per heavy atom. The zero-order valence-corrected chi connectivity index (χ0v) is 11.9. The Balaban J connectivity index is 1.62. The van der Waals surface area contributed by atoms with Crippen LogP contribution in [0.3, 0.4) is 0 Å². The van der Waals surface area contributed by atoms with E-state index in [0.29, 0.717) is 12.0 Å². The van der Waals surface area contributed by atoms with E-state index in [-0.39, 0.29) is 0 Å². The summed E-state index contributed by atoms with van der Waals surface area (Å²) in [6.45, 7) is 5.30. The molecule has 4 nitrogen and oxygen atoms in total. The van der Waals surface area contributed by atoms with Gasteiger partial charge in [0.15, 0.2) is 0 Å². The van der Waals surface area contributed by atoms with Gasteiger partial charge in [-0.1, -0.05) is 37.3 Å². The number of nitrogens with zero attached hydrogens (tertiary/aromatic N) is 2. The average molecular weight is 270 g/mol. The minimum absolute atomic E-state index is 0.547. The third-order valence-electron chi connectivity index (χ3n) is 3.96. The van der Waals surface area contributed by atoms with Crippen molar-refractivity contribution in [2.24, 2.45) is 5.92 Å². The Bertz CT molecular complexity index is 534. The van der Waals surface area contributed by atoms with Crippen LogP contribution in [0.25, 0.3) is 0 Å². The van der Waals surface area contributed by atoms with Gasteiger partial charge in [-0.05, 0) is 31.0 Å². The summed E-state index contributed by atoms with van der Waals surface area (Å²) >= 11 is 0. The predicted octanol–water partition coefficient (Wildman–Crippen LogP) is 2.34. The largest absolute Gasteiger partial charge is 0.379 e. The molecule has 1 aromatic heterocycles. The van der Waals surface area contributed by atoms with Gasteiger partial charge in [0.25, 0.3) is 0 Å². The first-order valence-electron chi connectivity index (χ1n) is 7.35. The molecule has 1 aliphatic rings. The predicted molar refractivity (Wildman–Crippen MR) is 81.8 cm³/mol. The first-order valence-corrected chi connectivity index (χ1v) is 7.35. The highest BCUT2D eigenvalue weighted by Crippen LogP contribution is 2.17. The lowest BCUT2D eigenvalue weighted by atomic mass is 9.95. The molecule has 1 saturated heterocycles. The number of rotatable bonds is 4. The Hall–Kier alpha value is -1.81. The van der Waals surface area contributed by atoms with Crippen LogP contribution < -0.4 is 10.6 Å². The van der Waals surface area contributed by atoms with Crippen molar-refractivity contribution in [3.8, 4) is 0 Å². The Morgan fingerprint density at radius 1 is 1.35 bits per heavy atom. The molecule has 2 aromatic rings. The number of anilines is 1. The lowest BCUT2D eigenvalue weighted by Gasteiger charge is -2.30. The van der Waals surface area contributed by atoms with Gasteiger partial charge in [0.1, 0.15) is 0 Å². The van der Waals surface area contributed by atoms with Gasteiger partial charge in [0.05, 0.1) is 18.4 Å². The van der Waals surface area contributed by atoms with Gasteiger partial charge in [-0.2, -0.15) is 5.10 Å². The number of hydrogen-bond acceptors (Lipinski definition) is 3. The highest BCUT2D eigenvalue weighted by Gasteiger charge is 2.20. The highest BCUT2D eigenvalue weighted by molar-refractivity contribution is 5.40. The van der Waals surface area contributed by atoms with Crippen molar-refractivity contribution < 1.29 is 0 Å². The molecule has 2 N–H and O–H groups in total. The van der Waals surface area contributed by atoms with Crippen molar-refractivity contribution in [2.45, 2.75) is 25.9 Å². The monoisotopic (exact) mass is 270 g/mol. The van der Waals surface area contributed by atoms with Gasteiger partial charge in [-0.15, -0.1) is 0 Å². The number of benzene rings is 1. The maximum Gasteiger partial charge on any atom is 0.0728 e. The van der Waals surface area contributed by atoms with E-state index in [2.05, 4.69) is 53.1 Å². The molecule has 0 spiro atoms. The van der Waals surface area contributed by atoms with Crippen LogP contribution in [0, 0.1) is 5.92 Å². The van der Waals surface area contributed by atoms with Crippen LogP contribution in [0.15, 0.2) is 42.7 Å². The smallest absolute Gasteiger partial charge is 0.0728 e. The second-order valence-electron chi connectivity index (χ2n) is 5.63. The third kappa shape index (κ3) is 3.20. The van der Waals surface area contributed by atoms with E-state index in [1.54, 1.807) is 0 Å². The van der Waals surface area contributed by atoms with Crippen molar-refractivity contribution in [1.29, 1.82) is 0 Å². The molecule has 0 radical (unpaired) electrons. The van der Waals surface area contributed by atoms with Crippen molar-refractivity contribution in [2.75, 3.05) is 18.4 Å². The Morgan fingerprint density at radius 3 is 3.00 bits per heavy atom. The molecule has 1 aliphatic heterocycles. The van der Waals surface area contributed by atoms with Crippen LogP contribution in [0.4, 0.5) is 5.69 Å². The molecule has 20 heavy (non-hydrogen) atoms. The van der Waals surface area contributed by atoms with Crippen molar-refractivity contribution in [3.63, 3.8) is 0 Å². The van der Waals surface area contributed by atoms with Gasteiger partial charge >= 0.3 is 0 Å². The lowest BCUT2D eigenvalue weighted by Crippen LogP contribution is -2.42. The maximum atomic E-state index is 4.44. The number of piperidine rings is 1. The number of hydrogen-bond donors (Lipinski definition) is 2. The topological polar surface area (TPSA) is 41.9 Å². The lowest BCUT2D eigenvalue weighted by molar-refractivity contribution is 0.368. The van der Waals surface area contributed by atoms with E-state index < -0.39 is 0 Å². The summed E-state index contributed by atoms with van der Waals surface area (Å²) in [4.78, 5) is 0. The van der Waals surface area contributed by atoms with Gasteiger partial charge in [0, 0.05) is 12.2 Å². The molecule has 0 amide bonds. The van der Waals surface area contributed by atoms with Crippen LogP contribution in [0.5, 0.6) is 0 Å². The van der Waals surface area contributed by atoms with Gasteiger partial charge in [-0.25, -0.2) is 0 Å². The van der Waals surface area contributed by atoms with Gasteiger partial charge < -0.3 is 10.6 Å². The SMILES string of the molecule is CC1CNCCC1Nc1cnn(Cc2ccccc2)c1. The molecule has 2 unspecified atom stereocenters. The zero-order chi connectivity index (χ0) is 13.8. The van der Waals surface area contributed by atoms with E-state index in [9.17, 15) is 0 Å². The quantitative estimate of drug-likeness (QED) is 0.896. The molecular formula is C16H22N4. The van der Waals surface area contributed by atoms with Crippen molar-refractivity contribution in [3.05, 3.63) is 48.3 Å². The van der Waals surface area contributed by atoms with E-state index in [1.807, 2.05) is 16.9 Å². The molecule has 0 aliphatic carbocycles. The van der Waals surface area contributed by atoms with Crippen LogP contribution in [0.2, 0.25) is 0 Å². The highest BCUT2D eigenvalue weighted by atomic mass is 15.3. The number of nitrogens with one attached hydrogen (secondary N) is 2. The summed E-state index contributed by atoms with van der Waals surface area (Å²) in [7, 11) is 0. The molecule has 1 aromatic carbocycles. The van der Waals surface area contributed by atoms with E-state index in [0.717, 1.165) is 25.3 Å². The second-order valence-corrected chi connectivity index (χ2v) is 5.63. The summed E-state index contributed by atoms with van der Waals surface area (Å²) in [6, 6.07) is 11.0. The normalized spacial score (nSPS) is 22.6. The van der Waals surface area contributed by atoms with E-state index in [4.69, 9.17) is 0 Å². The van der Waals surface area contributed by atoms with Crippen molar-refractivity contribution >= 4 is 5.69 Å². The van der Waals surface area contributed by atoms with Gasteiger partial charge in [0.2, 0.25) is 0 Å². The Labute approximate surface area is 120 Å². The molecule has 0 saturated carbocycles. The first kappa shape index (κ1) is 13.2. The third-order valence-corrected chi connectivity index (χ3v) is 3.96. The fraction of sp³-hybridized carbons (Fsp3) is 0.438. The minimum atomic E-state index is 0.547. The minimum Gasteiger partial charge on any atom is -0.379 e. The fourth-order valence-corrected chi connectivity index (χ4v) is 2.74. The average Bonchev–Trinajstić information content (AvgIpc) is 2.90. The van der Waals surface area contributed by atoms with E-state index in [1.165, 1.54) is 12.0 Å². The molecule has 4 heteroatoms. The standard InChI is InChI=1S/C16H22N4/c1-13-9-17-8-7-16(13)19-15-10-18-20(12-15)11-14-5-3-2-4-6-14/h2-6,10,12-13,16-17,19H,7-9,11H2,1H3. The summed E-state index contributed by atoms with van der Waals surface area (Å²) in [5.41, 5.74) is 2.40. The van der Waals surface area contributed by atoms with E-state index >= 15 is 0 Å².